The number of benzene rings is 2. The number of amides is 1. The second kappa shape index (κ2) is 12.0. The summed E-state index contributed by atoms with van der Waals surface area (Å²) >= 11 is 4.80. The molecule has 0 aliphatic heterocycles. The highest BCUT2D eigenvalue weighted by atomic mass is 79.9. The first kappa shape index (κ1) is 25.0. The summed E-state index contributed by atoms with van der Waals surface area (Å²) in [4.78, 5) is 25.4. The molecule has 3 rings (SSSR count). The number of thiophene rings is 1. The molecule has 0 aliphatic rings. The molecule has 1 aromatic heterocycles. The summed E-state index contributed by atoms with van der Waals surface area (Å²) in [5, 5.41) is 5.14. The molecule has 174 valence electrons. The Morgan fingerprint density at radius 1 is 1.03 bits per heavy atom. The van der Waals surface area contributed by atoms with Gasteiger partial charge in [0.2, 0.25) is 0 Å². The third-order valence-electron chi connectivity index (χ3n) is 5.09. The second-order valence-corrected chi connectivity index (χ2v) is 9.21. The minimum absolute atomic E-state index is 0.174. The zero-order valence-corrected chi connectivity index (χ0v) is 21.5. The molecule has 0 saturated heterocycles. The molecule has 1 amide bonds. The lowest BCUT2D eigenvalue weighted by Crippen LogP contribution is -2.21. The van der Waals surface area contributed by atoms with Crippen molar-refractivity contribution in [1.82, 2.24) is 0 Å². The van der Waals surface area contributed by atoms with Crippen molar-refractivity contribution in [2.45, 2.75) is 40.0 Å². The third-order valence-corrected chi connectivity index (χ3v) is 6.61. The first-order chi connectivity index (χ1) is 16.0. The fourth-order valence-electron chi connectivity index (χ4n) is 3.40. The summed E-state index contributed by atoms with van der Waals surface area (Å²) in [6.45, 7) is 6.06. The minimum atomic E-state index is -0.459. The highest BCUT2D eigenvalue weighted by Gasteiger charge is 2.23. The summed E-state index contributed by atoms with van der Waals surface area (Å²) in [7, 11) is 0. The van der Waals surface area contributed by atoms with E-state index in [4.69, 9.17) is 9.47 Å². The van der Waals surface area contributed by atoms with Crippen LogP contribution in [0, 0.1) is 0 Å². The van der Waals surface area contributed by atoms with E-state index in [2.05, 4.69) is 35.1 Å². The van der Waals surface area contributed by atoms with Gasteiger partial charge in [-0.05, 0) is 64.5 Å². The molecule has 7 heteroatoms. The molecular formula is C26H28BrNO4S. The minimum Gasteiger partial charge on any atom is -0.483 e. The summed E-state index contributed by atoms with van der Waals surface area (Å²) in [6.07, 6.45) is 2.98. The molecule has 1 N–H and O–H groups in total. The normalized spacial score (nSPS) is 10.7. The van der Waals surface area contributed by atoms with Crippen molar-refractivity contribution in [3.8, 4) is 16.9 Å². The van der Waals surface area contributed by atoms with Gasteiger partial charge in [-0.25, -0.2) is 4.79 Å². The van der Waals surface area contributed by atoms with Gasteiger partial charge in [0.1, 0.15) is 16.3 Å². The molecule has 5 nitrogen and oxygen atoms in total. The Kier molecular flexibility index (Phi) is 9.09. The van der Waals surface area contributed by atoms with Crippen LogP contribution in [0.25, 0.3) is 11.1 Å². The average Bonchev–Trinajstić information content (AvgIpc) is 3.22. The van der Waals surface area contributed by atoms with Crippen LogP contribution in [0.4, 0.5) is 5.00 Å². The Labute approximate surface area is 207 Å². The van der Waals surface area contributed by atoms with Gasteiger partial charge in [-0.15, -0.1) is 11.3 Å². The van der Waals surface area contributed by atoms with E-state index in [1.165, 1.54) is 22.5 Å². The van der Waals surface area contributed by atoms with Gasteiger partial charge in [0.25, 0.3) is 5.91 Å². The summed E-state index contributed by atoms with van der Waals surface area (Å²) in [6, 6.07) is 13.9. The maximum Gasteiger partial charge on any atom is 0.341 e. The first-order valence-corrected chi connectivity index (χ1v) is 12.7. The van der Waals surface area contributed by atoms with E-state index in [-0.39, 0.29) is 19.1 Å². The number of anilines is 1. The fourth-order valence-corrected chi connectivity index (χ4v) is 4.91. The van der Waals surface area contributed by atoms with Crippen LogP contribution in [-0.4, -0.2) is 25.1 Å². The van der Waals surface area contributed by atoms with Crippen LogP contribution >= 0.6 is 27.3 Å². The number of esters is 1. The number of hydrogen-bond donors (Lipinski definition) is 1. The molecule has 0 aliphatic carbocycles. The van der Waals surface area contributed by atoms with E-state index in [9.17, 15) is 9.59 Å². The van der Waals surface area contributed by atoms with Gasteiger partial charge in [-0.1, -0.05) is 50.6 Å². The van der Waals surface area contributed by atoms with Crippen molar-refractivity contribution in [3.63, 3.8) is 0 Å². The number of hydrogen-bond acceptors (Lipinski definition) is 5. The molecular weight excluding hydrogens is 502 g/mol. The van der Waals surface area contributed by atoms with Gasteiger partial charge in [-0.2, -0.15) is 0 Å². The third kappa shape index (κ3) is 6.45. The average molecular weight is 530 g/mol. The Balaban J connectivity index is 1.76. The molecule has 3 aromatic rings. The van der Waals surface area contributed by atoms with Crippen LogP contribution in [0.1, 0.15) is 48.7 Å². The van der Waals surface area contributed by atoms with Gasteiger partial charge in [-0.3, -0.25) is 4.79 Å². The molecule has 0 saturated carbocycles. The van der Waals surface area contributed by atoms with Crippen molar-refractivity contribution in [1.29, 1.82) is 0 Å². The quantitative estimate of drug-likeness (QED) is 0.290. The molecule has 0 atom stereocenters. The molecule has 2 aromatic carbocycles. The van der Waals surface area contributed by atoms with E-state index in [1.807, 2.05) is 47.8 Å². The Morgan fingerprint density at radius 3 is 2.39 bits per heavy atom. The smallest absolute Gasteiger partial charge is 0.341 e. The van der Waals surface area contributed by atoms with Gasteiger partial charge in [0, 0.05) is 10.9 Å². The Hall–Kier alpha value is -2.64. The second-order valence-electron chi connectivity index (χ2n) is 7.48. The number of nitrogens with one attached hydrogen (secondary N) is 1. The predicted molar refractivity (Wildman–Crippen MR) is 137 cm³/mol. The van der Waals surface area contributed by atoms with Crippen molar-refractivity contribution in [3.05, 3.63) is 69.0 Å². The highest BCUT2D eigenvalue weighted by molar-refractivity contribution is 9.10. The lowest BCUT2D eigenvalue weighted by atomic mass is 10.0. The first-order valence-electron chi connectivity index (χ1n) is 11.1. The number of carbonyl (C=O) groups excluding carboxylic acids is 2. The number of ether oxygens (including phenoxy) is 2. The van der Waals surface area contributed by atoms with Gasteiger partial charge >= 0.3 is 5.97 Å². The summed E-state index contributed by atoms with van der Waals surface area (Å²) in [5.41, 5.74) is 4.43. The number of carbonyl (C=O) groups is 2. The molecule has 0 fully saturated rings. The van der Waals surface area contributed by atoms with Gasteiger partial charge in [0.15, 0.2) is 6.61 Å². The van der Waals surface area contributed by atoms with E-state index in [0.717, 1.165) is 34.9 Å². The predicted octanol–water partition coefficient (Wildman–Crippen LogP) is 6.89. The largest absolute Gasteiger partial charge is 0.483 e. The molecule has 1 heterocycles. The van der Waals surface area contributed by atoms with Crippen LogP contribution in [-0.2, 0) is 22.4 Å². The Morgan fingerprint density at radius 2 is 1.76 bits per heavy atom. The molecule has 33 heavy (non-hydrogen) atoms. The van der Waals surface area contributed by atoms with Crippen molar-refractivity contribution >= 4 is 44.1 Å². The fraction of sp³-hybridized carbons (Fsp3) is 0.308. The number of rotatable bonds is 10. The van der Waals surface area contributed by atoms with Crippen LogP contribution in [0.2, 0.25) is 0 Å². The standard InChI is InChI=1S/C26H28BrNO4S/c1-4-7-18-10-13-22(21(27)14-18)32-15-23(29)28-25-24(26(30)31-6-3)20(16-33-25)19-11-8-17(5-2)9-12-19/h8-14,16H,4-7,15H2,1-3H3,(H,28,29). The lowest BCUT2D eigenvalue weighted by Gasteiger charge is -2.11. The van der Waals surface area contributed by atoms with Crippen molar-refractivity contribution in [2.75, 3.05) is 18.5 Å². The molecule has 0 bridgehead atoms. The Bertz CT molecular complexity index is 1110. The maximum atomic E-state index is 12.7. The van der Waals surface area contributed by atoms with E-state index >= 15 is 0 Å². The van der Waals surface area contributed by atoms with Crippen molar-refractivity contribution in [2.24, 2.45) is 0 Å². The SMILES string of the molecule is CCCc1ccc(OCC(=O)Nc2scc(-c3ccc(CC)cc3)c2C(=O)OCC)c(Br)c1. The number of halogens is 1. The van der Waals surface area contributed by atoms with E-state index in [1.54, 1.807) is 6.92 Å². The van der Waals surface area contributed by atoms with Crippen LogP contribution in [0.15, 0.2) is 52.3 Å². The van der Waals surface area contributed by atoms with E-state index < -0.39 is 5.97 Å². The lowest BCUT2D eigenvalue weighted by molar-refractivity contribution is -0.118. The topological polar surface area (TPSA) is 64.6 Å². The molecule has 0 spiro atoms. The maximum absolute atomic E-state index is 12.7. The zero-order chi connectivity index (χ0) is 23.8. The van der Waals surface area contributed by atoms with Gasteiger partial charge < -0.3 is 14.8 Å². The highest BCUT2D eigenvalue weighted by Crippen LogP contribution is 2.36. The van der Waals surface area contributed by atoms with Gasteiger partial charge in [0.05, 0.1) is 11.1 Å². The molecule has 0 radical (unpaired) electrons. The van der Waals surface area contributed by atoms with Crippen LogP contribution < -0.4 is 10.1 Å². The van der Waals surface area contributed by atoms with Crippen LogP contribution in [0.3, 0.4) is 0 Å². The van der Waals surface area contributed by atoms with Crippen LogP contribution in [0.5, 0.6) is 5.75 Å². The van der Waals surface area contributed by atoms with E-state index in [0.29, 0.717) is 16.3 Å². The summed E-state index contributed by atoms with van der Waals surface area (Å²) < 4.78 is 11.8. The van der Waals surface area contributed by atoms with Crippen molar-refractivity contribution < 1.29 is 19.1 Å². The number of aryl methyl sites for hydroxylation is 2. The monoisotopic (exact) mass is 529 g/mol. The molecule has 0 unspecified atom stereocenters. The zero-order valence-electron chi connectivity index (χ0n) is 19.1. The summed E-state index contributed by atoms with van der Waals surface area (Å²) in [5.74, 6) is -0.211.